The van der Waals surface area contributed by atoms with E-state index in [1.807, 2.05) is 32.0 Å². The highest BCUT2D eigenvalue weighted by atomic mass is 35.5. The summed E-state index contributed by atoms with van der Waals surface area (Å²) < 4.78 is 6.07. The SMILES string of the molecule is Cc1cc2oc3c(c(=O)c2cc1C)[C@@H](c1cccc(Cl)c1)N(c1nnc(CC(C)C)s1)C3=O. The van der Waals surface area contributed by atoms with Gasteiger partial charge < -0.3 is 4.42 Å². The van der Waals surface area contributed by atoms with Crippen molar-refractivity contribution in [3.8, 4) is 0 Å². The summed E-state index contributed by atoms with van der Waals surface area (Å²) in [7, 11) is 0. The van der Waals surface area contributed by atoms with Crippen molar-refractivity contribution in [3.05, 3.63) is 84.7 Å². The van der Waals surface area contributed by atoms with Crippen LogP contribution in [0.4, 0.5) is 5.13 Å². The monoisotopic (exact) mass is 479 g/mol. The molecule has 33 heavy (non-hydrogen) atoms. The molecule has 2 aromatic carbocycles. The van der Waals surface area contributed by atoms with Gasteiger partial charge in [-0.1, -0.05) is 48.9 Å². The molecule has 0 saturated carbocycles. The van der Waals surface area contributed by atoms with Crippen LogP contribution >= 0.6 is 22.9 Å². The van der Waals surface area contributed by atoms with Gasteiger partial charge in [-0.15, -0.1) is 10.2 Å². The van der Waals surface area contributed by atoms with Gasteiger partial charge in [0.05, 0.1) is 17.0 Å². The number of aryl methyl sites for hydroxylation is 2. The summed E-state index contributed by atoms with van der Waals surface area (Å²) in [5, 5.41) is 10.8. The van der Waals surface area contributed by atoms with Crippen LogP contribution in [0, 0.1) is 19.8 Å². The molecule has 0 fully saturated rings. The van der Waals surface area contributed by atoms with Crippen LogP contribution in [-0.2, 0) is 6.42 Å². The molecule has 3 heterocycles. The third-order valence-corrected chi connectivity index (χ3v) is 7.08. The Bertz CT molecular complexity index is 1470. The first-order valence-corrected chi connectivity index (χ1v) is 11.9. The van der Waals surface area contributed by atoms with Gasteiger partial charge in [-0.05, 0) is 60.7 Å². The fourth-order valence-corrected chi connectivity index (χ4v) is 5.47. The maximum Gasteiger partial charge on any atom is 0.297 e. The second-order valence-corrected chi connectivity index (χ2v) is 10.3. The first-order valence-electron chi connectivity index (χ1n) is 10.7. The second-order valence-electron chi connectivity index (χ2n) is 8.82. The average Bonchev–Trinajstić information content (AvgIpc) is 3.31. The number of hydrogen-bond acceptors (Lipinski definition) is 6. The van der Waals surface area contributed by atoms with E-state index in [0.717, 1.165) is 22.6 Å². The lowest BCUT2D eigenvalue weighted by Crippen LogP contribution is -2.29. The van der Waals surface area contributed by atoms with E-state index < -0.39 is 11.9 Å². The number of aromatic nitrogens is 2. The molecule has 0 bridgehead atoms. The zero-order valence-electron chi connectivity index (χ0n) is 18.7. The summed E-state index contributed by atoms with van der Waals surface area (Å²) in [6.45, 7) is 8.10. The quantitative estimate of drug-likeness (QED) is 0.366. The van der Waals surface area contributed by atoms with E-state index in [1.54, 1.807) is 18.2 Å². The van der Waals surface area contributed by atoms with Gasteiger partial charge >= 0.3 is 0 Å². The highest BCUT2D eigenvalue weighted by Crippen LogP contribution is 2.42. The normalized spacial score (nSPS) is 15.6. The molecule has 2 aromatic heterocycles. The number of carbonyl (C=O) groups is 1. The molecule has 1 atom stereocenters. The van der Waals surface area contributed by atoms with Crippen LogP contribution < -0.4 is 10.3 Å². The first-order chi connectivity index (χ1) is 15.7. The van der Waals surface area contributed by atoms with Crippen LogP contribution in [0.15, 0.2) is 45.6 Å². The van der Waals surface area contributed by atoms with Crippen molar-refractivity contribution in [2.45, 2.75) is 40.2 Å². The van der Waals surface area contributed by atoms with Crippen molar-refractivity contribution in [2.24, 2.45) is 5.92 Å². The number of rotatable bonds is 4. The van der Waals surface area contributed by atoms with Crippen molar-refractivity contribution in [3.63, 3.8) is 0 Å². The zero-order valence-corrected chi connectivity index (χ0v) is 20.3. The average molecular weight is 480 g/mol. The molecule has 168 valence electrons. The first kappa shape index (κ1) is 21.8. The topological polar surface area (TPSA) is 76.3 Å². The largest absolute Gasteiger partial charge is 0.450 e. The lowest BCUT2D eigenvalue weighted by atomic mass is 9.97. The van der Waals surface area contributed by atoms with E-state index in [1.165, 1.54) is 16.2 Å². The van der Waals surface area contributed by atoms with Crippen LogP contribution in [0.25, 0.3) is 11.0 Å². The molecule has 0 aliphatic carbocycles. The molecule has 1 amide bonds. The Morgan fingerprint density at radius 2 is 1.88 bits per heavy atom. The minimum atomic E-state index is -0.701. The van der Waals surface area contributed by atoms with Gasteiger partial charge in [0.25, 0.3) is 5.91 Å². The predicted molar refractivity (Wildman–Crippen MR) is 131 cm³/mol. The number of benzene rings is 2. The number of halogens is 1. The third-order valence-electron chi connectivity index (χ3n) is 5.90. The highest BCUT2D eigenvalue weighted by molar-refractivity contribution is 7.15. The smallest absolute Gasteiger partial charge is 0.297 e. The lowest BCUT2D eigenvalue weighted by molar-refractivity contribution is 0.0970. The van der Waals surface area contributed by atoms with Gasteiger partial charge in [-0.2, -0.15) is 0 Å². The predicted octanol–water partition coefficient (Wildman–Crippen LogP) is 5.86. The van der Waals surface area contributed by atoms with E-state index in [4.69, 9.17) is 16.0 Å². The van der Waals surface area contributed by atoms with E-state index in [2.05, 4.69) is 24.0 Å². The van der Waals surface area contributed by atoms with Crippen molar-refractivity contribution >= 4 is 44.9 Å². The van der Waals surface area contributed by atoms with Crippen molar-refractivity contribution in [1.29, 1.82) is 0 Å². The van der Waals surface area contributed by atoms with Crippen LogP contribution in [0.1, 0.15) is 57.7 Å². The van der Waals surface area contributed by atoms with E-state index >= 15 is 0 Å². The number of hydrogen-bond donors (Lipinski definition) is 0. The number of nitrogens with zero attached hydrogens (tertiary/aromatic N) is 3. The van der Waals surface area contributed by atoms with Crippen molar-refractivity contribution in [1.82, 2.24) is 10.2 Å². The molecule has 8 heteroatoms. The number of amides is 1. The Labute approximate surface area is 199 Å². The molecule has 0 saturated heterocycles. The summed E-state index contributed by atoms with van der Waals surface area (Å²) in [4.78, 5) is 28.9. The second kappa shape index (κ2) is 8.08. The van der Waals surface area contributed by atoms with Crippen molar-refractivity contribution in [2.75, 3.05) is 4.90 Å². The Kier molecular flexibility index (Phi) is 5.34. The third kappa shape index (κ3) is 3.65. The van der Waals surface area contributed by atoms with Gasteiger partial charge in [0.1, 0.15) is 10.6 Å². The molecule has 0 spiro atoms. The number of carbonyl (C=O) groups excluding carboxylic acids is 1. The minimum absolute atomic E-state index is 0.0429. The molecule has 5 rings (SSSR count). The molecule has 6 nitrogen and oxygen atoms in total. The van der Waals surface area contributed by atoms with Crippen LogP contribution in [0.2, 0.25) is 5.02 Å². The standard InChI is InChI=1S/C25H22ClN3O3S/c1-12(2)8-19-27-28-25(33-19)29-21(15-6-5-7-16(26)11-15)20-22(30)17-9-13(3)14(4)10-18(17)32-23(20)24(29)31/h5-7,9-12,21H,8H2,1-4H3/t21-/m1/s1. The molecular weight excluding hydrogens is 458 g/mol. The highest BCUT2D eigenvalue weighted by Gasteiger charge is 2.45. The molecule has 0 unspecified atom stereocenters. The summed E-state index contributed by atoms with van der Waals surface area (Å²) in [5.74, 6) is 0.0433. The fraction of sp³-hybridized carbons (Fsp3) is 0.280. The molecule has 0 radical (unpaired) electrons. The van der Waals surface area contributed by atoms with Gasteiger partial charge in [-0.25, -0.2) is 0 Å². The Hall–Kier alpha value is -3.03. The summed E-state index contributed by atoms with van der Waals surface area (Å²) in [6, 6.07) is 10.1. The zero-order chi connectivity index (χ0) is 23.4. The van der Waals surface area contributed by atoms with E-state index in [0.29, 0.717) is 38.2 Å². The van der Waals surface area contributed by atoms with Gasteiger partial charge in [-0.3, -0.25) is 14.5 Å². The molecule has 0 N–H and O–H groups in total. The maximum absolute atomic E-state index is 13.7. The van der Waals surface area contributed by atoms with Gasteiger partial charge in [0.2, 0.25) is 10.9 Å². The molecule has 1 aliphatic rings. The Morgan fingerprint density at radius 1 is 1.12 bits per heavy atom. The van der Waals surface area contributed by atoms with Crippen LogP contribution in [0.3, 0.4) is 0 Å². The van der Waals surface area contributed by atoms with Gasteiger partial charge in [0.15, 0.2) is 5.43 Å². The number of anilines is 1. The summed E-state index contributed by atoms with van der Waals surface area (Å²) in [5.41, 5.74) is 3.17. The van der Waals surface area contributed by atoms with Crippen molar-refractivity contribution < 1.29 is 9.21 Å². The van der Waals surface area contributed by atoms with Crippen LogP contribution in [0.5, 0.6) is 0 Å². The summed E-state index contributed by atoms with van der Waals surface area (Å²) in [6.07, 6.45) is 0.758. The summed E-state index contributed by atoms with van der Waals surface area (Å²) >= 11 is 7.64. The van der Waals surface area contributed by atoms with Gasteiger partial charge in [0, 0.05) is 11.4 Å². The fourth-order valence-electron chi connectivity index (χ4n) is 4.19. The lowest BCUT2D eigenvalue weighted by Gasteiger charge is -2.22. The Morgan fingerprint density at radius 3 is 2.61 bits per heavy atom. The molecular formula is C25H22ClN3O3S. The van der Waals surface area contributed by atoms with Crippen LogP contribution in [-0.4, -0.2) is 16.1 Å². The Balaban J connectivity index is 1.76. The van der Waals surface area contributed by atoms with E-state index in [9.17, 15) is 9.59 Å². The maximum atomic E-state index is 13.7. The molecule has 1 aliphatic heterocycles. The number of fused-ring (bicyclic) bond motifs is 2. The van der Waals surface area contributed by atoms with E-state index in [-0.39, 0.29) is 11.2 Å². The minimum Gasteiger partial charge on any atom is -0.450 e. The molecule has 4 aromatic rings.